The molecule has 7 nitrogen and oxygen atoms in total. The predicted octanol–water partition coefficient (Wildman–Crippen LogP) is 4.41. The molecule has 3 heterocycles. The number of fused-ring (bicyclic) bond motifs is 1. The van der Waals surface area contributed by atoms with Crippen LogP contribution in [0.15, 0.2) is 65.2 Å². The molecule has 2 aromatic heterocycles. The molecular weight excluding hydrogens is 396 g/mol. The van der Waals surface area contributed by atoms with Crippen molar-refractivity contribution in [3.05, 3.63) is 71.2 Å². The third kappa shape index (κ3) is 4.09. The fourth-order valence-corrected chi connectivity index (χ4v) is 4.06. The maximum Gasteiger partial charge on any atom is 0.255 e. The Morgan fingerprint density at radius 1 is 1.23 bits per heavy atom. The largest absolute Gasteiger partial charge is 0.328 e. The van der Waals surface area contributed by atoms with Gasteiger partial charge in [-0.3, -0.25) is 9.78 Å². The van der Waals surface area contributed by atoms with Gasteiger partial charge in [0.15, 0.2) is 0 Å². The van der Waals surface area contributed by atoms with Crippen molar-refractivity contribution in [1.29, 1.82) is 0 Å². The molecule has 0 saturated heterocycles. The van der Waals surface area contributed by atoms with E-state index in [-0.39, 0.29) is 11.9 Å². The fourth-order valence-electron chi connectivity index (χ4n) is 3.37. The second kappa shape index (κ2) is 8.71. The van der Waals surface area contributed by atoms with Gasteiger partial charge in [-0.05, 0) is 38.0 Å². The summed E-state index contributed by atoms with van der Waals surface area (Å²) in [5.74, 6) is 1.40. The van der Waals surface area contributed by atoms with Crippen molar-refractivity contribution in [2.75, 3.05) is 16.4 Å². The Kier molecular flexibility index (Phi) is 5.85. The van der Waals surface area contributed by atoms with Gasteiger partial charge >= 0.3 is 0 Å². The number of pyridine rings is 1. The van der Waals surface area contributed by atoms with Crippen LogP contribution in [0.2, 0.25) is 0 Å². The number of nitrogens with one attached hydrogen (secondary N) is 2. The van der Waals surface area contributed by atoms with Crippen LogP contribution in [0.5, 0.6) is 0 Å². The highest BCUT2D eigenvalue weighted by Gasteiger charge is 2.34. The lowest BCUT2D eigenvalue weighted by atomic mass is 9.94. The van der Waals surface area contributed by atoms with E-state index >= 15 is 0 Å². The highest BCUT2D eigenvalue weighted by molar-refractivity contribution is 7.99. The molecule has 0 fully saturated rings. The number of nitrogens with zero attached hydrogens (tertiary/aromatic N) is 4. The molecule has 0 saturated carbocycles. The van der Waals surface area contributed by atoms with Gasteiger partial charge in [0.2, 0.25) is 11.1 Å². The van der Waals surface area contributed by atoms with Gasteiger partial charge in [0.1, 0.15) is 6.04 Å². The lowest BCUT2D eigenvalue weighted by Crippen LogP contribution is -2.31. The Morgan fingerprint density at radius 2 is 2.03 bits per heavy atom. The van der Waals surface area contributed by atoms with Crippen LogP contribution in [0.3, 0.4) is 0 Å². The summed E-state index contributed by atoms with van der Waals surface area (Å²) < 4.78 is 1.81. The number of thioether (sulfide) groups is 1. The fraction of sp³-hybridized carbons (Fsp3) is 0.273. The Bertz CT molecular complexity index is 1070. The van der Waals surface area contributed by atoms with Crippen LogP contribution in [0.25, 0.3) is 0 Å². The molecule has 0 spiro atoms. The molecule has 1 aliphatic heterocycles. The van der Waals surface area contributed by atoms with Gasteiger partial charge in [-0.15, -0.1) is 5.10 Å². The Morgan fingerprint density at radius 3 is 2.73 bits per heavy atom. The second-order valence-corrected chi connectivity index (χ2v) is 8.25. The molecule has 0 bridgehead atoms. The average molecular weight is 421 g/mol. The lowest BCUT2D eigenvalue weighted by Gasteiger charge is -2.28. The first-order valence-corrected chi connectivity index (χ1v) is 10.9. The van der Waals surface area contributed by atoms with Crippen molar-refractivity contribution in [3.63, 3.8) is 0 Å². The van der Waals surface area contributed by atoms with Crippen molar-refractivity contribution in [2.45, 2.75) is 38.4 Å². The third-order valence-electron chi connectivity index (χ3n) is 4.83. The molecule has 30 heavy (non-hydrogen) atoms. The molecule has 2 N–H and O–H groups in total. The van der Waals surface area contributed by atoms with Gasteiger partial charge in [-0.2, -0.15) is 4.98 Å². The summed E-state index contributed by atoms with van der Waals surface area (Å²) >= 11 is 1.62. The summed E-state index contributed by atoms with van der Waals surface area (Å²) in [6.07, 6.45) is 4.35. The van der Waals surface area contributed by atoms with Gasteiger partial charge < -0.3 is 10.6 Å². The number of hydrogen-bond acceptors (Lipinski definition) is 6. The summed E-state index contributed by atoms with van der Waals surface area (Å²) in [5.41, 5.74) is 4.15. The van der Waals surface area contributed by atoms with Crippen LogP contribution in [-0.4, -0.2) is 31.4 Å². The van der Waals surface area contributed by atoms with E-state index in [1.807, 2.05) is 48.9 Å². The first-order valence-electron chi connectivity index (χ1n) is 9.92. The number of carbonyl (C=O) groups excluding carboxylic acids is 1. The number of carbonyl (C=O) groups is 1. The average Bonchev–Trinajstić information content (AvgIpc) is 3.15. The van der Waals surface area contributed by atoms with Gasteiger partial charge in [-0.25, -0.2) is 4.68 Å². The zero-order valence-corrected chi connectivity index (χ0v) is 18.0. The summed E-state index contributed by atoms with van der Waals surface area (Å²) in [7, 11) is 0. The molecule has 0 radical (unpaired) electrons. The monoisotopic (exact) mass is 420 g/mol. The van der Waals surface area contributed by atoms with Gasteiger partial charge in [-0.1, -0.05) is 48.5 Å². The molecule has 1 unspecified atom stereocenters. The Balaban J connectivity index is 1.75. The number of allylic oxidation sites excluding steroid dienone is 1. The quantitative estimate of drug-likeness (QED) is 0.575. The van der Waals surface area contributed by atoms with Gasteiger partial charge in [0, 0.05) is 17.6 Å². The molecule has 1 aromatic carbocycles. The summed E-state index contributed by atoms with van der Waals surface area (Å²) in [6.45, 7) is 6.07. The number of aromatic nitrogens is 4. The van der Waals surface area contributed by atoms with Crippen LogP contribution in [-0.2, 0) is 4.79 Å². The van der Waals surface area contributed by atoms with Crippen molar-refractivity contribution in [1.82, 2.24) is 19.7 Å². The minimum absolute atomic E-state index is 0.192. The maximum atomic E-state index is 13.3. The first-order chi connectivity index (χ1) is 14.6. The topological polar surface area (TPSA) is 84.7 Å². The standard InChI is InChI=1S/C22H24N6OS/c1-4-12-30-22-26-21-24-15(3)18(20(29)25-17-6-5-11-23-13-17)19(28(21)27-22)16-9-7-14(2)8-10-16/h5-11,13,19H,4,12H2,1-3H3,(H,25,29)(H,24,26,27). The first kappa shape index (κ1) is 20.2. The van der Waals surface area contributed by atoms with Crippen LogP contribution in [0, 0.1) is 6.92 Å². The number of amides is 1. The summed E-state index contributed by atoms with van der Waals surface area (Å²) in [5, 5.41) is 11.7. The van der Waals surface area contributed by atoms with E-state index in [0.29, 0.717) is 22.4 Å². The highest BCUT2D eigenvalue weighted by Crippen LogP contribution is 2.36. The van der Waals surface area contributed by atoms with E-state index in [4.69, 9.17) is 5.10 Å². The summed E-state index contributed by atoms with van der Waals surface area (Å²) in [4.78, 5) is 22.0. The number of anilines is 2. The van der Waals surface area contributed by atoms with Crippen molar-refractivity contribution in [3.8, 4) is 0 Å². The number of hydrogen-bond donors (Lipinski definition) is 2. The van der Waals surface area contributed by atoms with Crippen molar-refractivity contribution >= 4 is 29.3 Å². The highest BCUT2D eigenvalue weighted by atomic mass is 32.2. The minimum Gasteiger partial charge on any atom is -0.328 e. The lowest BCUT2D eigenvalue weighted by molar-refractivity contribution is -0.113. The van der Waals surface area contributed by atoms with Crippen LogP contribution in [0.1, 0.15) is 37.4 Å². The minimum atomic E-state index is -0.373. The van der Waals surface area contributed by atoms with E-state index < -0.39 is 0 Å². The number of benzene rings is 1. The van der Waals surface area contributed by atoms with E-state index in [9.17, 15) is 4.79 Å². The van der Waals surface area contributed by atoms with E-state index in [0.717, 1.165) is 29.0 Å². The molecule has 4 rings (SSSR count). The molecule has 154 valence electrons. The van der Waals surface area contributed by atoms with E-state index in [1.165, 1.54) is 0 Å². The van der Waals surface area contributed by atoms with E-state index in [2.05, 4.69) is 27.5 Å². The van der Waals surface area contributed by atoms with Gasteiger partial charge in [0.25, 0.3) is 5.91 Å². The number of aryl methyl sites for hydroxylation is 1. The Labute approximate surface area is 180 Å². The smallest absolute Gasteiger partial charge is 0.255 e. The maximum absolute atomic E-state index is 13.3. The second-order valence-electron chi connectivity index (χ2n) is 7.18. The molecule has 0 aliphatic carbocycles. The van der Waals surface area contributed by atoms with Crippen molar-refractivity contribution in [2.24, 2.45) is 0 Å². The van der Waals surface area contributed by atoms with E-state index in [1.54, 1.807) is 30.2 Å². The zero-order chi connectivity index (χ0) is 21.1. The number of rotatable bonds is 6. The molecular formula is C22H24N6OS. The van der Waals surface area contributed by atoms with Crippen LogP contribution in [0.4, 0.5) is 11.6 Å². The van der Waals surface area contributed by atoms with Crippen molar-refractivity contribution < 1.29 is 4.79 Å². The SMILES string of the molecule is CCCSc1nc2n(n1)C(c1ccc(C)cc1)C(C(=O)Nc1cccnc1)=C(C)N2. The van der Waals surface area contributed by atoms with Gasteiger partial charge in [0.05, 0.1) is 17.5 Å². The predicted molar refractivity (Wildman–Crippen MR) is 120 cm³/mol. The normalized spacial score (nSPS) is 15.5. The molecule has 1 amide bonds. The molecule has 1 atom stereocenters. The van der Waals surface area contributed by atoms with Crippen LogP contribution >= 0.6 is 11.8 Å². The molecule has 8 heteroatoms. The Hall–Kier alpha value is -3.13. The molecule has 1 aliphatic rings. The summed E-state index contributed by atoms with van der Waals surface area (Å²) in [6, 6.07) is 11.4. The van der Waals surface area contributed by atoms with Crippen LogP contribution < -0.4 is 10.6 Å². The molecule has 3 aromatic rings. The third-order valence-corrected chi connectivity index (χ3v) is 5.87. The zero-order valence-electron chi connectivity index (χ0n) is 17.2.